The van der Waals surface area contributed by atoms with Gasteiger partial charge in [0.1, 0.15) is 5.75 Å². The lowest BCUT2D eigenvalue weighted by Crippen LogP contribution is -2.32. The van der Waals surface area contributed by atoms with Crippen molar-refractivity contribution < 1.29 is 9.53 Å². The van der Waals surface area contributed by atoms with Crippen molar-refractivity contribution in [3.8, 4) is 5.75 Å². The van der Waals surface area contributed by atoms with Crippen LogP contribution in [0.25, 0.3) is 0 Å². The standard InChI is InChI=1S/C27H36N4O2S2/c28-26(32)31(35)24-10-7-11-25(20-24)33-19-6-2-5-16-29-17-18-30(27(29)34)23-14-12-22(13-15-23)21-8-3-1-4-9-21/h7,10-15,20-21,35H,1-6,8-9,16-19H2,(H2,28,32). The molecule has 2 N–H and O–H groups in total. The topological polar surface area (TPSA) is 62.0 Å². The van der Waals surface area contributed by atoms with Crippen LogP contribution in [-0.2, 0) is 0 Å². The van der Waals surface area contributed by atoms with Crippen LogP contribution in [0, 0.1) is 0 Å². The maximum atomic E-state index is 11.3. The number of rotatable bonds is 10. The van der Waals surface area contributed by atoms with E-state index in [4.69, 9.17) is 22.7 Å². The van der Waals surface area contributed by atoms with Gasteiger partial charge in [0.15, 0.2) is 5.11 Å². The lowest BCUT2D eigenvalue weighted by atomic mass is 9.84. The maximum Gasteiger partial charge on any atom is 0.329 e. The van der Waals surface area contributed by atoms with Crippen molar-refractivity contribution in [2.75, 3.05) is 35.4 Å². The number of ether oxygens (including phenoxy) is 1. The van der Waals surface area contributed by atoms with Crippen LogP contribution in [0.1, 0.15) is 62.8 Å². The second-order valence-electron chi connectivity index (χ2n) is 9.40. The quantitative estimate of drug-likeness (QED) is 0.228. The molecule has 0 unspecified atom stereocenters. The van der Waals surface area contributed by atoms with Gasteiger partial charge in [-0.15, -0.1) is 0 Å². The van der Waals surface area contributed by atoms with E-state index in [9.17, 15) is 4.79 Å². The van der Waals surface area contributed by atoms with Gasteiger partial charge in [-0.3, -0.25) is 0 Å². The highest BCUT2D eigenvalue weighted by molar-refractivity contribution is 7.82. The summed E-state index contributed by atoms with van der Waals surface area (Å²) in [6, 6.07) is 15.7. The number of carbonyl (C=O) groups excluding carboxylic acids is 1. The van der Waals surface area contributed by atoms with E-state index in [1.807, 2.05) is 12.1 Å². The van der Waals surface area contributed by atoms with E-state index in [0.29, 0.717) is 18.0 Å². The minimum Gasteiger partial charge on any atom is -0.494 e. The monoisotopic (exact) mass is 512 g/mol. The fourth-order valence-corrected chi connectivity index (χ4v) is 5.50. The molecule has 1 aliphatic carbocycles. The van der Waals surface area contributed by atoms with Crippen molar-refractivity contribution in [1.82, 2.24) is 4.90 Å². The van der Waals surface area contributed by atoms with Gasteiger partial charge in [0, 0.05) is 31.4 Å². The van der Waals surface area contributed by atoms with Crippen LogP contribution in [0.2, 0.25) is 0 Å². The summed E-state index contributed by atoms with van der Waals surface area (Å²) in [5.41, 5.74) is 8.55. The van der Waals surface area contributed by atoms with Crippen LogP contribution >= 0.6 is 25.0 Å². The number of hydrogen-bond acceptors (Lipinski definition) is 4. The van der Waals surface area contributed by atoms with Gasteiger partial charge in [-0.2, -0.15) is 0 Å². The van der Waals surface area contributed by atoms with Crippen LogP contribution in [0.3, 0.4) is 0 Å². The number of anilines is 2. The van der Waals surface area contributed by atoms with Gasteiger partial charge in [0.25, 0.3) is 0 Å². The molecule has 0 bridgehead atoms. The molecule has 2 amide bonds. The Morgan fingerprint density at radius 1 is 1.06 bits per heavy atom. The Kier molecular flexibility index (Phi) is 9.15. The third-order valence-electron chi connectivity index (χ3n) is 6.99. The summed E-state index contributed by atoms with van der Waals surface area (Å²) < 4.78 is 6.94. The van der Waals surface area contributed by atoms with Crippen molar-refractivity contribution in [2.45, 2.75) is 57.3 Å². The van der Waals surface area contributed by atoms with Crippen molar-refractivity contribution in [1.29, 1.82) is 0 Å². The highest BCUT2D eigenvalue weighted by Crippen LogP contribution is 2.33. The molecule has 188 valence electrons. The van der Waals surface area contributed by atoms with E-state index < -0.39 is 6.03 Å². The van der Waals surface area contributed by atoms with Crippen LogP contribution in [0.4, 0.5) is 16.2 Å². The summed E-state index contributed by atoms with van der Waals surface area (Å²) in [5, 5.41) is 0.939. The van der Waals surface area contributed by atoms with Gasteiger partial charge in [0.2, 0.25) is 0 Å². The SMILES string of the molecule is NC(=O)N(S)c1cccc(OCCCCCN2CCN(c3ccc(C4CCCCC4)cc3)C2=S)c1. The Hall–Kier alpha value is -2.45. The number of amides is 2. The van der Waals surface area contributed by atoms with E-state index in [2.05, 4.69) is 46.9 Å². The predicted molar refractivity (Wildman–Crippen MR) is 151 cm³/mol. The Bertz CT molecular complexity index is 995. The number of thiocarbonyl (C=S) groups is 1. The van der Waals surface area contributed by atoms with Gasteiger partial charge < -0.3 is 20.3 Å². The number of benzene rings is 2. The summed E-state index contributed by atoms with van der Waals surface area (Å²) >= 11 is 9.89. The second kappa shape index (κ2) is 12.5. The molecule has 6 nitrogen and oxygen atoms in total. The first kappa shape index (κ1) is 25.6. The van der Waals surface area contributed by atoms with Gasteiger partial charge >= 0.3 is 6.03 Å². The first-order chi connectivity index (χ1) is 17.0. The summed E-state index contributed by atoms with van der Waals surface area (Å²) in [6.45, 7) is 3.52. The highest BCUT2D eigenvalue weighted by Gasteiger charge is 2.25. The lowest BCUT2D eigenvalue weighted by molar-refractivity contribution is 0.257. The molecule has 2 aromatic rings. The number of hydrogen-bond donors (Lipinski definition) is 2. The molecule has 1 saturated heterocycles. The molecule has 2 aliphatic rings. The van der Waals surface area contributed by atoms with Crippen molar-refractivity contribution in [3.63, 3.8) is 0 Å². The van der Waals surface area contributed by atoms with E-state index in [1.165, 1.54) is 43.4 Å². The second-order valence-corrected chi connectivity index (χ2v) is 10.2. The number of urea groups is 1. The molecule has 1 saturated carbocycles. The number of nitrogens with two attached hydrogens (primary N) is 1. The van der Waals surface area contributed by atoms with E-state index in [-0.39, 0.29) is 0 Å². The largest absolute Gasteiger partial charge is 0.494 e. The molecule has 35 heavy (non-hydrogen) atoms. The first-order valence-corrected chi connectivity index (χ1v) is 13.5. The molecule has 1 aliphatic heterocycles. The number of nitrogens with zero attached hydrogens (tertiary/aromatic N) is 3. The third-order valence-corrected chi connectivity index (χ3v) is 7.89. The summed E-state index contributed by atoms with van der Waals surface area (Å²) in [7, 11) is 0. The molecule has 0 spiro atoms. The molecule has 4 rings (SSSR count). The number of unbranched alkanes of at least 4 members (excludes halogenated alkanes) is 2. The molecule has 0 atom stereocenters. The molecule has 2 fully saturated rings. The van der Waals surface area contributed by atoms with Crippen LogP contribution < -0.4 is 19.7 Å². The number of primary amides is 1. The minimum atomic E-state index is -0.625. The molecular weight excluding hydrogens is 476 g/mol. The van der Waals surface area contributed by atoms with Crippen molar-refractivity contribution in [3.05, 3.63) is 54.1 Å². The number of thiol groups is 1. The van der Waals surface area contributed by atoms with Gasteiger partial charge in [-0.05, 0) is 80.1 Å². The van der Waals surface area contributed by atoms with Crippen LogP contribution in [0.15, 0.2) is 48.5 Å². The molecule has 1 heterocycles. The molecule has 8 heteroatoms. The Labute approximate surface area is 219 Å². The smallest absolute Gasteiger partial charge is 0.329 e. The van der Waals surface area contributed by atoms with Gasteiger partial charge in [0.05, 0.1) is 12.3 Å². The Balaban J connectivity index is 1.16. The van der Waals surface area contributed by atoms with E-state index >= 15 is 0 Å². The zero-order valence-corrected chi connectivity index (χ0v) is 22.0. The Morgan fingerprint density at radius 2 is 1.83 bits per heavy atom. The molecule has 2 aromatic carbocycles. The third kappa shape index (κ3) is 6.82. The number of carbonyl (C=O) groups is 1. The molecule has 0 radical (unpaired) electrons. The first-order valence-electron chi connectivity index (χ1n) is 12.7. The fraction of sp³-hybridized carbons (Fsp3) is 0.481. The van der Waals surface area contributed by atoms with Crippen LogP contribution in [0.5, 0.6) is 5.75 Å². The van der Waals surface area contributed by atoms with E-state index in [0.717, 1.165) is 54.2 Å². The van der Waals surface area contributed by atoms with Crippen molar-refractivity contribution in [2.24, 2.45) is 5.73 Å². The van der Waals surface area contributed by atoms with Crippen LogP contribution in [-0.4, -0.2) is 42.3 Å². The minimum absolute atomic E-state index is 0.592. The average Bonchev–Trinajstić information content (AvgIpc) is 3.26. The zero-order chi connectivity index (χ0) is 24.6. The van der Waals surface area contributed by atoms with Crippen molar-refractivity contribution >= 4 is 47.6 Å². The highest BCUT2D eigenvalue weighted by atomic mass is 32.1. The normalized spacial score (nSPS) is 16.5. The van der Waals surface area contributed by atoms with Gasteiger partial charge in [-0.25, -0.2) is 9.10 Å². The summed E-state index contributed by atoms with van der Waals surface area (Å²) in [4.78, 5) is 15.9. The lowest BCUT2D eigenvalue weighted by Gasteiger charge is -2.24. The Morgan fingerprint density at radius 3 is 2.57 bits per heavy atom. The molecular formula is C27H36N4O2S2. The van der Waals surface area contributed by atoms with Gasteiger partial charge in [-0.1, -0.05) is 50.3 Å². The predicted octanol–water partition coefficient (Wildman–Crippen LogP) is 6.12. The fourth-order valence-electron chi connectivity index (χ4n) is 5.00. The summed E-state index contributed by atoms with van der Waals surface area (Å²) in [6.07, 6.45) is 9.87. The zero-order valence-electron chi connectivity index (χ0n) is 20.3. The maximum absolute atomic E-state index is 11.3. The molecule has 0 aromatic heterocycles. The summed E-state index contributed by atoms with van der Waals surface area (Å²) in [5.74, 6) is 1.44. The average molecular weight is 513 g/mol. The van der Waals surface area contributed by atoms with E-state index in [1.54, 1.807) is 12.1 Å².